The molecule has 0 radical (unpaired) electrons. The van der Waals surface area contributed by atoms with Crippen LogP contribution in [0.25, 0.3) is 0 Å². The number of hydrogen-bond acceptors (Lipinski definition) is 8. The fraction of sp³-hybridized carbons (Fsp3) is 0.704. The standard InChI is InChI=1S/C27H44N3O7/c1-17-12-19(14-18-15-29(16-20(18)31)22(32)35-25(2,3)4)28-21(13-17)30(11,23(33)36-26(5,6)7)24(34)37-27(8,9)10/h12-13,18,20,31H,14-16H2,1-11H3/q+1/t18-,20?/m1/s1. The molecule has 1 saturated heterocycles. The van der Waals surface area contributed by atoms with Gasteiger partial charge in [-0.25, -0.2) is 9.78 Å². The number of imide groups is 1. The van der Waals surface area contributed by atoms with Gasteiger partial charge in [0.2, 0.25) is 5.82 Å². The second-order valence-corrected chi connectivity index (χ2v) is 12.9. The van der Waals surface area contributed by atoms with Crippen LogP contribution >= 0.6 is 0 Å². The number of hydrogen-bond donors (Lipinski definition) is 1. The van der Waals surface area contributed by atoms with E-state index < -0.39 is 45.7 Å². The highest BCUT2D eigenvalue weighted by atomic mass is 16.6. The Labute approximate surface area is 220 Å². The maximum absolute atomic E-state index is 13.4. The number of rotatable bonds is 3. The molecule has 10 nitrogen and oxygen atoms in total. The van der Waals surface area contributed by atoms with Gasteiger partial charge in [-0.1, -0.05) is 4.48 Å². The minimum atomic E-state index is -0.944. The molecule has 1 aromatic rings. The fourth-order valence-corrected chi connectivity index (χ4v) is 3.82. The summed E-state index contributed by atoms with van der Waals surface area (Å²) in [5.41, 5.74) is -0.984. The SMILES string of the molecule is Cc1cc(C[C@@H]2CN(C(=O)OC(C)(C)C)CC2O)nc([N+](C)(C(=O)OC(C)(C)C)C(=O)OC(C)(C)C)c1. The van der Waals surface area contributed by atoms with Crippen molar-refractivity contribution in [1.82, 2.24) is 14.4 Å². The van der Waals surface area contributed by atoms with Gasteiger partial charge in [-0.15, -0.1) is 0 Å². The number of carbonyl (C=O) groups is 3. The summed E-state index contributed by atoms with van der Waals surface area (Å²) in [4.78, 5) is 45.4. The third-order valence-electron chi connectivity index (χ3n) is 5.51. The highest BCUT2D eigenvalue weighted by molar-refractivity contribution is 6.02. The molecule has 0 saturated carbocycles. The molecule has 0 aromatic carbocycles. The fourth-order valence-electron chi connectivity index (χ4n) is 3.82. The van der Waals surface area contributed by atoms with Crippen molar-refractivity contribution in [2.45, 2.75) is 98.6 Å². The van der Waals surface area contributed by atoms with Gasteiger partial charge in [-0.2, -0.15) is 9.59 Å². The highest BCUT2D eigenvalue weighted by Gasteiger charge is 2.51. The number of aromatic nitrogens is 1. The van der Waals surface area contributed by atoms with Crippen LogP contribution in [0, 0.1) is 12.8 Å². The average Bonchev–Trinajstić information content (AvgIpc) is 3.03. The molecule has 1 aliphatic heterocycles. The van der Waals surface area contributed by atoms with E-state index in [4.69, 9.17) is 14.2 Å². The van der Waals surface area contributed by atoms with E-state index in [0.717, 1.165) is 5.56 Å². The van der Waals surface area contributed by atoms with E-state index in [1.165, 1.54) is 11.9 Å². The third kappa shape index (κ3) is 8.39. The van der Waals surface area contributed by atoms with Gasteiger partial charge in [-0.05, 0) is 87.3 Å². The van der Waals surface area contributed by atoms with Crippen LogP contribution in [0.1, 0.15) is 73.6 Å². The monoisotopic (exact) mass is 522 g/mol. The molecule has 2 heterocycles. The van der Waals surface area contributed by atoms with Crippen molar-refractivity contribution in [2.75, 3.05) is 20.1 Å². The number of aryl methyl sites for hydroxylation is 1. The summed E-state index contributed by atoms with van der Waals surface area (Å²) >= 11 is 0. The molecule has 1 fully saturated rings. The molecule has 1 N–H and O–H groups in total. The van der Waals surface area contributed by atoms with Crippen molar-refractivity contribution in [3.63, 3.8) is 0 Å². The van der Waals surface area contributed by atoms with Crippen LogP contribution in [0.15, 0.2) is 12.1 Å². The molecule has 2 atom stereocenters. The van der Waals surface area contributed by atoms with Crippen molar-refractivity contribution >= 4 is 24.1 Å². The van der Waals surface area contributed by atoms with Crippen molar-refractivity contribution in [1.29, 1.82) is 0 Å². The molecule has 37 heavy (non-hydrogen) atoms. The Morgan fingerprint density at radius 1 is 0.919 bits per heavy atom. The Morgan fingerprint density at radius 3 is 1.86 bits per heavy atom. The van der Waals surface area contributed by atoms with Gasteiger partial charge in [0.1, 0.15) is 16.8 Å². The number of aliphatic hydroxyl groups is 1. The molecular formula is C27H44N3O7+. The first-order valence-electron chi connectivity index (χ1n) is 12.6. The van der Waals surface area contributed by atoms with Crippen LogP contribution in [0.5, 0.6) is 0 Å². The van der Waals surface area contributed by atoms with Gasteiger partial charge < -0.3 is 24.2 Å². The van der Waals surface area contributed by atoms with Crippen molar-refractivity contribution < 1.29 is 33.7 Å². The summed E-state index contributed by atoms with van der Waals surface area (Å²) in [7, 11) is 1.41. The van der Waals surface area contributed by atoms with Crippen LogP contribution in [0.3, 0.4) is 0 Å². The Hall–Kier alpha value is -2.72. The molecule has 2 rings (SSSR count). The lowest BCUT2D eigenvalue weighted by atomic mass is 9.99. The Morgan fingerprint density at radius 2 is 1.41 bits per heavy atom. The zero-order valence-corrected chi connectivity index (χ0v) is 24.2. The molecule has 1 aromatic heterocycles. The minimum absolute atomic E-state index is 0.148. The molecule has 0 bridgehead atoms. The van der Waals surface area contributed by atoms with E-state index in [1.807, 2.05) is 13.0 Å². The van der Waals surface area contributed by atoms with E-state index >= 15 is 0 Å². The van der Waals surface area contributed by atoms with Gasteiger partial charge in [0, 0.05) is 24.2 Å². The minimum Gasteiger partial charge on any atom is -0.444 e. The second-order valence-electron chi connectivity index (χ2n) is 12.9. The predicted octanol–water partition coefficient (Wildman–Crippen LogP) is 4.97. The lowest BCUT2D eigenvalue weighted by Crippen LogP contribution is -2.59. The maximum Gasteiger partial charge on any atom is 0.533 e. The second kappa shape index (κ2) is 10.6. The third-order valence-corrected chi connectivity index (χ3v) is 5.51. The highest BCUT2D eigenvalue weighted by Crippen LogP contribution is 2.30. The molecule has 3 amide bonds. The number of pyridine rings is 1. The molecule has 1 aliphatic rings. The summed E-state index contributed by atoms with van der Waals surface area (Å²) < 4.78 is 15.7. The lowest BCUT2D eigenvalue weighted by Gasteiger charge is -2.31. The van der Waals surface area contributed by atoms with Crippen LogP contribution in [0.2, 0.25) is 0 Å². The zero-order chi connectivity index (χ0) is 28.6. The summed E-state index contributed by atoms with van der Waals surface area (Å²) in [6.45, 7) is 18.0. The van der Waals surface area contributed by atoms with Crippen LogP contribution < -0.4 is 4.48 Å². The number of ether oxygens (including phenoxy) is 3. The lowest BCUT2D eigenvalue weighted by molar-refractivity contribution is 0.00705. The summed E-state index contributed by atoms with van der Waals surface area (Å²) in [5.74, 6) is -0.147. The van der Waals surface area contributed by atoms with E-state index in [9.17, 15) is 19.5 Å². The van der Waals surface area contributed by atoms with Crippen molar-refractivity contribution in [3.8, 4) is 0 Å². The number of β-amino-alcohol motifs (C(OH)–C–C–N with tert-alkyl or cyclic N) is 1. The first-order valence-corrected chi connectivity index (χ1v) is 12.6. The number of carbonyl (C=O) groups excluding carboxylic acids is 3. The molecular weight excluding hydrogens is 478 g/mol. The van der Waals surface area contributed by atoms with E-state index in [1.54, 1.807) is 68.4 Å². The molecule has 0 spiro atoms. The quantitative estimate of drug-likeness (QED) is 0.437. The average molecular weight is 523 g/mol. The Kier molecular flexibility index (Phi) is 8.71. The van der Waals surface area contributed by atoms with E-state index in [-0.39, 0.29) is 18.3 Å². The summed E-state index contributed by atoms with van der Waals surface area (Å²) in [6.07, 6.45) is -2.55. The number of aliphatic hydroxyl groups excluding tert-OH is 1. The Bertz CT molecular complexity index is 990. The van der Waals surface area contributed by atoms with Crippen molar-refractivity contribution in [2.24, 2.45) is 5.92 Å². The predicted molar refractivity (Wildman–Crippen MR) is 140 cm³/mol. The van der Waals surface area contributed by atoms with Crippen LogP contribution in [0.4, 0.5) is 20.2 Å². The molecule has 10 heteroatoms. The van der Waals surface area contributed by atoms with Gasteiger partial charge >= 0.3 is 18.3 Å². The number of quaternary nitrogens is 1. The Balaban J connectivity index is 2.39. The number of likely N-dealkylation sites (tertiary alicyclic amines) is 1. The largest absolute Gasteiger partial charge is 0.533 e. The molecule has 0 aliphatic carbocycles. The van der Waals surface area contributed by atoms with E-state index in [2.05, 4.69) is 4.98 Å². The van der Waals surface area contributed by atoms with Crippen LogP contribution in [-0.4, -0.2) is 76.3 Å². The molecule has 208 valence electrons. The summed E-state index contributed by atoms with van der Waals surface area (Å²) in [6, 6.07) is 3.48. The first-order chi connectivity index (χ1) is 16.6. The molecule has 1 unspecified atom stereocenters. The topological polar surface area (TPSA) is 115 Å². The van der Waals surface area contributed by atoms with Gasteiger partial charge in [0.05, 0.1) is 19.7 Å². The van der Waals surface area contributed by atoms with Crippen molar-refractivity contribution in [3.05, 3.63) is 23.4 Å². The normalized spacial score (nSPS) is 19.0. The number of nitrogens with zero attached hydrogens (tertiary/aromatic N) is 3. The first kappa shape index (κ1) is 30.5. The van der Waals surface area contributed by atoms with E-state index in [0.29, 0.717) is 18.7 Å². The van der Waals surface area contributed by atoms with Gasteiger partial charge in [0.25, 0.3) is 0 Å². The van der Waals surface area contributed by atoms with Crippen LogP contribution in [-0.2, 0) is 20.6 Å². The maximum atomic E-state index is 13.4. The summed E-state index contributed by atoms with van der Waals surface area (Å²) in [5, 5.41) is 10.7. The van der Waals surface area contributed by atoms with Gasteiger partial charge in [0.15, 0.2) is 0 Å². The smallest absolute Gasteiger partial charge is 0.444 e. The number of amides is 3. The zero-order valence-electron chi connectivity index (χ0n) is 24.2. The van der Waals surface area contributed by atoms with Gasteiger partial charge in [-0.3, -0.25) is 0 Å².